The average Bonchev–Trinajstić information content (AvgIpc) is 2.27. The molecule has 0 aliphatic heterocycles. The van der Waals surface area contributed by atoms with E-state index in [1.165, 1.54) is 0 Å². The molecular formula is C12H12N2O2. The quantitative estimate of drug-likeness (QED) is 0.818. The van der Waals surface area contributed by atoms with Crippen molar-refractivity contribution in [3.05, 3.63) is 42.1 Å². The molecule has 16 heavy (non-hydrogen) atoms. The number of nitrogens with zero attached hydrogens (tertiary/aromatic N) is 1. The van der Waals surface area contributed by atoms with Crippen LogP contribution >= 0.6 is 0 Å². The van der Waals surface area contributed by atoms with E-state index in [1.807, 2.05) is 30.3 Å². The Morgan fingerprint density at radius 2 is 2.19 bits per heavy atom. The summed E-state index contributed by atoms with van der Waals surface area (Å²) in [6, 6.07) is 9.04. The molecule has 4 nitrogen and oxygen atoms in total. The van der Waals surface area contributed by atoms with Crippen LogP contribution in [-0.4, -0.2) is 16.1 Å². The minimum absolute atomic E-state index is 0.0833. The number of carboxylic acids is 1. The van der Waals surface area contributed by atoms with E-state index in [0.29, 0.717) is 0 Å². The van der Waals surface area contributed by atoms with Crippen LogP contribution in [0.4, 0.5) is 0 Å². The monoisotopic (exact) mass is 216 g/mol. The lowest BCUT2D eigenvalue weighted by Gasteiger charge is -2.09. The summed E-state index contributed by atoms with van der Waals surface area (Å²) < 4.78 is 0. The van der Waals surface area contributed by atoms with Gasteiger partial charge in [0.05, 0.1) is 11.9 Å². The molecule has 3 N–H and O–H groups in total. The van der Waals surface area contributed by atoms with Crippen molar-refractivity contribution >= 4 is 16.9 Å². The van der Waals surface area contributed by atoms with Gasteiger partial charge in [0.25, 0.3) is 0 Å². The van der Waals surface area contributed by atoms with Crippen molar-refractivity contribution in [1.82, 2.24) is 4.98 Å². The summed E-state index contributed by atoms with van der Waals surface area (Å²) in [5.74, 6) is -0.902. The molecule has 0 aliphatic carbocycles. The molecule has 0 spiro atoms. The van der Waals surface area contributed by atoms with Gasteiger partial charge in [0.1, 0.15) is 0 Å². The van der Waals surface area contributed by atoms with Crippen LogP contribution in [0.2, 0.25) is 0 Å². The Morgan fingerprint density at radius 3 is 2.94 bits per heavy atom. The molecule has 2 rings (SSSR count). The second kappa shape index (κ2) is 4.28. The van der Waals surface area contributed by atoms with Crippen molar-refractivity contribution in [1.29, 1.82) is 0 Å². The average molecular weight is 216 g/mol. The van der Waals surface area contributed by atoms with E-state index in [0.717, 1.165) is 16.5 Å². The highest BCUT2D eigenvalue weighted by Crippen LogP contribution is 2.18. The zero-order valence-electron chi connectivity index (χ0n) is 8.63. The molecule has 1 heterocycles. The zero-order valence-corrected chi connectivity index (χ0v) is 8.63. The first kappa shape index (κ1) is 10.6. The molecular weight excluding hydrogens is 204 g/mol. The Hall–Kier alpha value is -1.94. The predicted molar refractivity (Wildman–Crippen MR) is 60.9 cm³/mol. The molecule has 0 aliphatic rings. The molecule has 0 saturated carbocycles. The van der Waals surface area contributed by atoms with E-state index in [-0.39, 0.29) is 6.42 Å². The summed E-state index contributed by atoms with van der Waals surface area (Å²) in [7, 11) is 0. The van der Waals surface area contributed by atoms with Crippen molar-refractivity contribution in [3.8, 4) is 0 Å². The topological polar surface area (TPSA) is 76.2 Å². The van der Waals surface area contributed by atoms with Crippen LogP contribution in [-0.2, 0) is 4.79 Å². The van der Waals surface area contributed by atoms with Gasteiger partial charge in [-0.15, -0.1) is 0 Å². The highest BCUT2D eigenvalue weighted by atomic mass is 16.4. The Labute approximate surface area is 92.7 Å². The molecule has 0 bridgehead atoms. The standard InChI is InChI=1S/C12H12N2O2/c13-10(6-12(15)16)9-5-8-3-1-2-4-11(8)14-7-9/h1-5,7,10H,6,13H2,(H,15,16)/t10-/m0/s1. The van der Waals surface area contributed by atoms with Gasteiger partial charge < -0.3 is 10.8 Å². The first-order valence-corrected chi connectivity index (χ1v) is 4.99. The summed E-state index contributed by atoms with van der Waals surface area (Å²) in [6.07, 6.45) is 1.55. The Balaban J connectivity index is 2.35. The van der Waals surface area contributed by atoms with E-state index in [1.54, 1.807) is 6.20 Å². The molecule has 0 saturated heterocycles. The van der Waals surface area contributed by atoms with Gasteiger partial charge in [0.2, 0.25) is 0 Å². The lowest BCUT2D eigenvalue weighted by Crippen LogP contribution is -2.15. The number of rotatable bonds is 3. The molecule has 0 unspecified atom stereocenters. The van der Waals surface area contributed by atoms with Gasteiger partial charge in [-0.1, -0.05) is 18.2 Å². The molecule has 2 aromatic rings. The fourth-order valence-electron chi connectivity index (χ4n) is 1.60. The second-order valence-corrected chi connectivity index (χ2v) is 3.67. The van der Waals surface area contributed by atoms with Crippen molar-refractivity contribution in [3.63, 3.8) is 0 Å². The number of aliphatic carboxylic acids is 1. The van der Waals surface area contributed by atoms with E-state index in [2.05, 4.69) is 4.98 Å². The van der Waals surface area contributed by atoms with Crippen LogP contribution in [0.5, 0.6) is 0 Å². The van der Waals surface area contributed by atoms with E-state index >= 15 is 0 Å². The smallest absolute Gasteiger partial charge is 0.305 e. The zero-order chi connectivity index (χ0) is 11.5. The second-order valence-electron chi connectivity index (χ2n) is 3.67. The SMILES string of the molecule is N[C@@H](CC(=O)O)c1cnc2ccccc2c1. The fourth-order valence-corrected chi connectivity index (χ4v) is 1.60. The highest BCUT2D eigenvalue weighted by molar-refractivity contribution is 5.79. The first-order valence-electron chi connectivity index (χ1n) is 4.99. The number of aromatic nitrogens is 1. The minimum Gasteiger partial charge on any atom is -0.481 e. The van der Waals surface area contributed by atoms with Crippen molar-refractivity contribution < 1.29 is 9.90 Å². The fraction of sp³-hybridized carbons (Fsp3) is 0.167. The molecule has 0 fully saturated rings. The lowest BCUT2D eigenvalue weighted by atomic mass is 10.0. The van der Waals surface area contributed by atoms with Gasteiger partial charge in [-0.25, -0.2) is 0 Å². The van der Waals surface area contributed by atoms with E-state index in [4.69, 9.17) is 10.8 Å². The normalized spacial score (nSPS) is 12.6. The van der Waals surface area contributed by atoms with Crippen molar-refractivity contribution in [2.75, 3.05) is 0 Å². The Kier molecular flexibility index (Phi) is 2.83. The van der Waals surface area contributed by atoms with Gasteiger partial charge >= 0.3 is 5.97 Å². The first-order chi connectivity index (χ1) is 7.66. The van der Waals surface area contributed by atoms with E-state index in [9.17, 15) is 4.79 Å². The van der Waals surface area contributed by atoms with Gasteiger partial charge in [-0.05, 0) is 17.7 Å². The number of para-hydroxylation sites is 1. The number of carboxylic acid groups (broad SMARTS) is 1. The van der Waals surface area contributed by atoms with Gasteiger partial charge in [-0.2, -0.15) is 0 Å². The number of fused-ring (bicyclic) bond motifs is 1. The van der Waals surface area contributed by atoms with Gasteiger partial charge in [0.15, 0.2) is 0 Å². The summed E-state index contributed by atoms with van der Waals surface area (Å²) in [4.78, 5) is 14.8. The maximum atomic E-state index is 10.5. The van der Waals surface area contributed by atoms with Crippen LogP contribution < -0.4 is 5.73 Å². The Morgan fingerprint density at radius 1 is 1.44 bits per heavy atom. The summed E-state index contributed by atoms with van der Waals surface area (Å²) in [5, 5.41) is 9.63. The molecule has 82 valence electrons. The number of carbonyl (C=O) groups is 1. The third-order valence-electron chi connectivity index (χ3n) is 2.43. The third kappa shape index (κ3) is 2.17. The maximum absolute atomic E-state index is 10.5. The van der Waals surface area contributed by atoms with E-state index < -0.39 is 12.0 Å². The molecule has 0 radical (unpaired) electrons. The maximum Gasteiger partial charge on any atom is 0.305 e. The molecule has 1 aromatic heterocycles. The highest BCUT2D eigenvalue weighted by Gasteiger charge is 2.11. The van der Waals surface area contributed by atoms with Crippen molar-refractivity contribution in [2.24, 2.45) is 5.73 Å². The summed E-state index contributed by atoms with van der Waals surface area (Å²) in [5.41, 5.74) is 7.40. The van der Waals surface area contributed by atoms with Crippen LogP contribution in [0.25, 0.3) is 10.9 Å². The largest absolute Gasteiger partial charge is 0.481 e. The number of nitrogens with two attached hydrogens (primary N) is 1. The van der Waals surface area contributed by atoms with Crippen LogP contribution in [0.3, 0.4) is 0 Å². The van der Waals surface area contributed by atoms with Gasteiger partial charge in [-0.3, -0.25) is 9.78 Å². The predicted octanol–water partition coefficient (Wildman–Crippen LogP) is 1.71. The third-order valence-corrected chi connectivity index (χ3v) is 2.43. The summed E-state index contributed by atoms with van der Waals surface area (Å²) in [6.45, 7) is 0. The number of pyridine rings is 1. The van der Waals surface area contributed by atoms with Crippen molar-refractivity contribution in [2.45, 2.75) is 12.5 Å². The lowest BCUT2D eigenvalue weighted by molar-refractivity contribution is -0.137. The Bertz CT molecular complexity index is 525. The number of benzene rings is 1. The molecule has 0 amide bonds. The number of hydrogen-bond donors (Lipinski definition) is 2. The van der Waals surface area contributed by atoms with Crippen LogP contribution in [0, 0.1) is 0 Å². The molecule has 1 atom stereocenters. The summed E-state index contributed by atoms with van der Waals surface area (Å²) >= 11 is 0. The number of hydrogen-bond acceptors (Lipinski definition) is 3. The molecule has 1 aromatic carbocycles. The van der Waals surface area contributed by atoms with Gasteiger partial charge in [0, 0.05) is 17.6 Å². The van der Waals surface area contributed by atoms with Crippen LogP contribution in [0.15, 0.2) is 36.5 Å². The molecule has 4 heteroatoms. The van der Waals surface area contributed by atoms with Crippen LogP contribution in [0.1, 0.15) is 18.0 Å². The minimum atomic E-state index is -0.902.